The van der Waals surface area contributed by atoms with Crippen molar-refractivity contribution in [3.63, 3.8) is 0 Å². The van der Waals surface area contributed by atoms with E-state index in [-0.39, 0.29) is 43.8 Å². The first-order chi connectivity index (χ1) is 10.0. The van der Waals surface area contributed by atoms with E-state index in [4.69, 9.17) is 0 Å². The van der Waals surface area contributed by atoms with Crippen LogP contribution in [0.2, 0.25) is 54.4 Å². The Bertz CT molecular complexity index is 111. The van der Waals surface area contributed by atoms with Crippen LogP contribution >= 0.6 is 0 Å². The summed E-state index contributed by atoms with van der Waals surface area (Å²) in [4.78, 5) is 0. The summed E-state index contributed by atoms with van der Waals surface area (Å²) < 4.78 is 0. The average Bonchev–Trinajstić information content (AvgIpc) is 2.54. The third-order valence-corrected chi connectivity index (χ3v) is 13.5. The van der Waals surface area contributed by atoms with Crippen molar-refractivity contribution in [3.8, 4) is 0 Å². The molecule has 4 heteroatoms. The predicted octanol–water partition coefficient (Wildman–Crippen LogP) is 7.24. The van der Waals surface area contributed by atoms with Crippen molar-refractivity contribution in [1.29, 1.82) is 0 Å². The Morgan fingerprint density at radius 3 is 0.409 bits per heavy atom. The van der Waals surface area contributed by atoms with Crippen molar-refractivity contribution in [2.24, 2.45) is 0 Å². The Labute approximate surface area is 160 Å². The molecule has 0 aliphatic heterocycles. The fourth-order valence-electron chi connectivity index (χ4n) is 2.25. The Morgan fingerprint density at radius 1 is 0.318 bits per heavy atom. The van der Waals surface area contributed by atoms with Crippen molar-refractivity contribution < 1.29 is 0 Å². The maximum atomic E-state index is 2.31. The van der Waals surface area contributed by atoms with Crippen LogP contribution in [0.3, 0.4) is 0 Å². The molecule has 0 unspecified atom stereocenters. The minimum absolute atomic E-state index is 0. The standard InChI is InChI=1S/3C6H15Si.Al/c3*1-4-7(5-2)6-3;/h3*4-6H2,1-3H3;. The average molecular weight is 373 g/mol. The third-order valence-electron chi connectivity index (χ3n) is 4.50. The van der Waals surface area contributed by atoms with Gasteiger partial charge >= 0.3 is 0 Å². The molecule has 0 aliphatic rings. The number of hydrogen-bond acceptors (Lipinski definition) is 0. The van der Waals surface area contributed by atoms with E-state index >= 15 is 0 Å². The SMILES string of the molecule is CC[Si](CC)CC.CC[Si](CC)CC.CC[Si](CC)CC.[Al]. The summed E-state index contributed by atoms with van der Waals surface area (Å²) in [6.45, 7) is 20.8. The number of hydrogen-bond donors (Lipinski definition) is 0. The van der Waals surface area contributed by atoms with Gasteiger partial charge < -0.3 is 0 Å². The number of rotatable bonds is 9. The smallest absolute Gasteiger partial charge is 0.0470 e. The first-order valence-electron chi connectivity index (χ1n) is 9.55. The molecule has 0 aromatic carbocycles. The molecule has 0 saturated heterocycles. The van der Waals surface area contributed by atoms with Crippen LogP contribution < -0.4 is 0 Å². The fraction of sp³-hybridized carbons (Fsp3) is 1.00. The molecule has 0 nitrogen and oxygen atoms in total. The van der Waals surface area contributed by atoms with Crippen molar-refractivity contribution in [3.05, 3.63) is 0 Å². The molecule has 0 N–H and O–H groups in total. The van der Waals surface area contributed by atoms with Gasteiger partial charge in [-0.15, -0.1) is 0 Å². The zero-order valence-corrected chi connectivity index (χ0v) is 21.6. The van der Waals surface area contributed by atoms with Crippen LogP contribution in [0, 0.1) is 0 Å². The minimum atomic E-state index is 0. The Hall–Kier alpha value is 1.18. The van der Waals surface area contributed by atoms with Crippen LogP contribution in [-0.2, 0) is 0 Å². The molecule has 6 radical (unpaired) electrons. The molecule has 0 aromatic rings. The molecule has 0 aliphatic carbocycles. The van der Waals surface area contributed by atoms with Crippen molar-refractivity contribution in [2.75, 3.05) is 0 Å². The largest absolute Gasteiger partial charge is 0.0680 e. The van der Waals surface area contributed by atoms with Gasteiger partial charge in [-0.2, -0.15) is 0 Å². The summed E-state index contributed by atoms with van der Waals surface area (Å²) in [7, 11) is 0.412. The van der Waals surface area contributed by atoms with E-state index < -0.39 is 0 Å². The van der Waals surface area contributed by atoms with Crippen LogP contribution in [0.4, 0.5) is 0 Å². The first kappa shape index (κ1) is 31.0. The van der Waals surface area contributed by atoms with Crippen molar-refractivity contribution in [2.45, 2.75) is 117 Å². The lowest BCUT2D eigenvalue weighted by molar-refractivity contribution is 1.24. The van der Waals surface area contributed by atoms with Gasteiger partial charge in [-0.05, 0) is 0 Å². The maximum absolute atomic E-state index is 2.31. The molecule has 0 bridgehead atoms. The lowest BCUT2D eigenvalue weighted by Crippen LogP contribution is -2.04. The van der Waals surface area contributed by atoms with Gasteiger partial charge in [0, 0.05) is 43.8 Å². The summed E-state index contributed by atoms with van der Waals surface area (Å²) in [5.74, 6) is 0. The highest BCUT2D eigenvalue weighted by molar-refractivity contribution is 6.59. The molecule has 0 saturated carbocycles. The second-order valence-electron chi connectivity index (χ2n) is 5.43. The van der Waals surface area contributed by atoms with Crippen LogP contribution in [0.15, 0.2) is 0 Å². The van der Waals surface area contributed by atoms with Gasteiger partial charge in [-0.1, -0.05) is 117 Å². The van der Waals surface area contributed by atoms with Crippen molar-refractivity contribution in [1.82, 2.24) is 0 Å². The second kappa shape index (κ2) is 27.0. The van der Waals surface area contributed by atoms with Crippen LogP contribution in [0.1, 0.15) is 62.3 Å². The molecule has 22 heavy (non-hydrogen) atoms. The van der Waals surface area contributed by atoms with Gasteiger partial charge in [-0.25, -0.2) is 0 Å². The molecule has 0 spiro atoms. The quantitative estimate of drug-likeness (QED) is 0.374. The Morgan fingerprint density at radius 2 is 0.409 bits per heavy atom. The molecule has 0 rings (SSSR count). The normalized spacial score (nSPS) is 9.82. The van der Waals surface area contributed by atoms with Crippen molar-refractivity contribution >= 4 is 43.8 Å². The zero-order chi connectivity index (χ0) is 17.1. The second-order valence-corrected chi connectivity index (χ2v) is 16.3. The van der Waals surface area contributed by atoms with Gasteiger partial charge in [0.05, 0.1) is 0 Å². The molecular formula is C18H45AlSi3. The topological polar surface area (TPSA) is 0 Å². The molecule has 0 fully saturated rings. The summed E-state index contributed by atoms with van der Waals surface area (Å²) in [6.07, 6.45) is 0. The van der Waals surface area contributed by atoms with E-state index in [0.29, 0.717) is 0 Å². The van der Waals surface area contributed by atoms with Gasteiger partial charge in [0.1, 0.15) is 0 Å². The summed E-state index contributed by atoms with van der Waals surface area (Å²) >= 11 is 0. The fourth-order valence-corrected chi connectivity index (χ4v) is 6.75. The third kappa shape index (κ3) is 23.4. The highest BCUT2D eigenvalue weighted by atomic mass is 28.3. The lowest BCUT2D eigenvalue weighted by Gasteiger charge is -2.02. The van der Waals surface area contributed by atoms with E-state index in [9.17, 15) is 0 Å². The first-order valence-corrected chi connectivity index (χ1v) is 15.9. The molecule has 0 amide bonds. The lowest BCUT2D eigenvalue weighted by atomic mass is 10.9. The Balaban J connectivity index is -0.000000108. The Kier molecular flexibility index (Phi) is 38.1. The highest BCUT2D eigenvalue weighted by Crippen LogP contribution is 2.02. The molecule has 0 aromatic heterocycles. The summed E-state index contributed by atoms with van der Waals surface area (Å²) in [5.41, 5.74) is 0. The monoisotopic (exact) mass is 372 g/mol. The van der Waals surface area contributed by atoms with Gasteiger partial charge in [0.15, 0.2) is 0 Å². The van der Waals surface area contributed by atoms with E-state index in [1.165, 1.54) is 54.4 Å². The van der Waals surface area contributed by atoms with Gasteiger partial charge in [-0.3, -0.25) is 0 Å². The van der Waals surface area contributed by atoms with Crippen LogP contribution in [-0.4, -0.2) is 43.8 Å². The van der Waals surface area contributed by atoms with Gasteiger partial charge in [0.25, 0.3) is 0 Å². The molecule has 0 heterocycles. The summed E-state index contributed by atoms with van der Waals surface area (Å²) in [6, 6.07) is 13.1. The van der Waals surface area contributed by atoms with Gasteiger partial charge in [0.2, 0.25) is 0 Å². The van der Waals surface area contributed by atoms with Crippen LogP contribution in [0.25, 0.3) is 0 Å². The minimum Gasteiger partial charge on any atom is -0.0680 e. The predicted molar refractivity (Wildman–Crippen MR) is 117 cm³/mol. The summed E-state index contributed by atoms with van der Waals surface area (Å²) in [5, 5.41) is 0. The molecular weight excluding hydrogens is 327 g/mol. The zero-order valence-electron chi connectivity index (χ0n) is 17.4. The molecule has 132 valence electrons. The van der Waals surface area contributed by atoms with E-state index in [1.807, 2.05) is 0 Å². The maximum Gasteiger partial charge on any atom is 0.0470 e. The van der Waals surface area contributed by atoms with E-state index in [0.717, 1.165) is 0 Å². The van der Waals surface area contributed by atoms with Crippen LogP contribution in [0.5, 0.6) is 0 Å². The van der Waals surface area contributed by atoms with E-state index in [1.54, 1.807) is 0 Å². The highest BCUT2D eigenvalue weighted by Gasteiger charge is 1.99. The molecule has 0 atom stereocenters. The van der Waals surface area contributed by atoms with E-state index in [2.05, 4.69) is 62.3 Å².